The Morgan fingerprint density at radius 1 is 1.57 bits per heavy atom. The van der Waals surface area contributed by atoms with Gasteiger partial charge in [0.1, 0.15) is 5.82 Å². The third kappa shape index (κ3) is 3.43. The Labute approximate surface area is 137 Å². The Bertz CT molecular complexity index is 544. The van der Waals surface area contributed by atoms with Crippen LogP contribution in [0.25, 0.3) is 0 Å². The number of rotatable bonds is 5. The van der Waals surface area contributed by atoms with Crippen molar-refractivity contribution in [3.63, 3.8) is 0 Å². The predicted octanol–water partition coefficient (Wildman–Crippen LogP) is 0.935. The molecule has 3 heterocycles. The summed E-state index contributed by atoms with van der Waals surface area (Å²) in [6.07, 6.45) is 8.20. The van der Waals surface area contributed by atoms with Crippen LogP contribution in [-0.2, 0) is 11.3 Å². The molecule has 1 amide bonds. The van der Waals surface area contributed by atoms with Crippen molar-refractivity contribution in [3.05, 3.63) is 18.2 Å². The summed E-state index contributed by atoms with van der Waals surface area (Å²) >= 11 is 0. The summed E-state index contributed by atoms with van der Waals surface area (Å²) in [4.78, 5) is 18.7. The smallest absolute Gasteiger partial charge is 0.222 e. The summed E-state index contributed by atoms with van der Waals surface area (Å²) in [7, 11) is 0. The van der Waals surface area contributed by atoms with E-state index in [9.17, 15) is 9.90 Å². The molecule has 2 N–H and O–H groups in total. The van der Waals surface area contributed by atoms with Crippen molar-refractivity contribution in [3.8, 4) is 0 Å². The van der Waals surface area contributed by atoms with E-state index >= 15 is 0 Å². The van der Waals surface area contributed by atoms with Crippen molar-refractivity contribution in [1.82, 2.24) is 19.8 Å². The fraction of sp³-hybridized carbons (Fsp3) is 0.765. The quantitative estimate of drug-likeness (QED) is 0.847. The average molecular weight is 320 g/mol. The molecule has 6 heteroatoms. The fourth-order valence-electron chi connectivity index (χ4n) is 4.10. The van der Waals surface area contributed by atoms with Gasteiger partial charge in [0.15, 0.2) is 0 Å². The van der Waals surface area contributed by atoms with Crippen LogP contribution in [0.5, 0.6) is 0 Å². The number of aliphatic hydroxyl groups is 1. The molecule has 2 saturated heterocycles. The number of carbonyl (C=O) groups is 1. The van der Waals surface area contributed by atoms with Gasteiger partial charge in [-0.3, -0.25) is 4.79 Å². The lowest BCUT2D eigenvalue weighted by Crippen LogP contribution is -2.62. The number of hydrogen-bond donors (Lipinski definition) is 2. The van der Waals surface area contributed by atoms with Crippen LogP contribution in [0.2, 0.25) is 0 Å². The standard InChI is InChI=1S/C17H28N4O2/c1-14-18-8-11-20(14)9-2-4-16(23)21-10-5-15-17(12-21,13-22)6-3-7-19-15/h8,11,15,19,22H,2-7,9-10,12-13H2,1H3/t15-,17-/m0/s1. The van der Waals surface area contributed by atoms with Gasteiger partial charge < -0.3 is 19.9 Å². The highest BCUT2D eigenvalue weighted by atomic mass is 16.3. The Morgan fingerprint density at radius 3 is 3.17 bits per heavy atom. The number of aliphatic hydroxyl groups excluding tert-OH is 1. The lowest BCUT2D eigenvalue weighted by Gasteiger charge is -2.50. The highest BCUT2D eigenvalue weighted by molar-refractivity contribution is 5.76. The van der Waals surface area contributed by atoms with Crippen LogP contribution < -0.4 is 5.32 Å². The number of nitrogens with zero attached hydrogens (tertiary/aromatic N) is 3. The van der Waals surface area contributed by atoms with E-state index in [4.69, 9.17) is 0 Å². The van der Waals surface area contributed by atoms with Crippen molar-refractivity contribution in [1.29, 1.82) is 0 Å². The number of aryl methyl sites for hydroxylation is 2. The van der Waals surface area contributed by atoms with Crippen LogP contribution in [0.15, 0.2) is 12.4 Å². The molecule has 0 spiro atoms. The highest BCUT2D eigenvalue weighted by Gasteiger charge is 2.45. The molecule has 0 radical (unpaired) electrons. The van der Waals surface area contributed by atoms with Crippen LogP contribution in [0.3, 0.4) is 0 Å². The molecule has 128 valence electrons. The third-order valence-corrected chi connectivity index (χ3v) is 5.56. The molecule has 0 bridgehead atoms. The van der Waals surface area contributed by atoms with E-state index < -0.39 is 0 Å². The second kappa shape index (κ2) is 7.01. The molecule has 0 saturated carbocycles. The summed E-state index contributed by atoms with van der Waals surface area (Å²) in [5.41, 5.74) is -0.132. The Hall–Kier alpha value is -1.40. The van der Waals surface area contributed by atoms with Crippen LogP contribution in [0, 0.1) is 12.3 Å². The first-order chi connectivity index (χ1) is 11.1. The first-order valence-electron chi connectivity index (χ1n) is 8.74. The minimum absolute atomic E-state index is 0.132. The lowest BCUT2D eigenvalue weighted by atomic mass is 9.70. The second-order valence-corrected chi connectivity index (χ2v) is 7.01. The summed E-state index contributed by atoms with van der Waals surface area (Å²) in [6, 6.07) is 0.360. The van der Waals surface area contributed by atoms with E-state index in [0.29, 0.717) is 19.0 Å². The average Bonchev–Trinajstić information content (AvgIpc) is 2.99. The number of aromatic nitrogens is 2. The molecule has 1 aromatic heterocycles. The van der Waals surface area contributed by atoms with Gasteiger partial charge in [0.2, 0.25) is 5.91 Å². The maximum Gasteiger partial charge on any atom is 0.222 e. The minimum atomic E-state index is -0.132. The molecule has 2 aliphatic heterocycles. The number of carbonyl (C=O) groups excluding carboxylic acids is 1. The normalized spacial score (nSPS) is 27.7. The van der Waals surface area contributed by atoms with Gasteiger partial charge in [-0.15, -0.1) is 0 Å². The Kier molecular flexibility index (Phi) is 5.02. The summed E-state index contributed by atoms with van der Waals surface area (Å²) in [6.45, 7) is 5.52. The zero-order chi connectivity index (χ0) is 16.3. The molecule has 2 aliphatic rings. The molecule has 6 nitrogen and oxygen atoms in total. The molecule has 3 rings (SSSR count). The molecular weight excluding hydrogens is 292 g/mol. The number of imidazole rings is 1. The molecule has 1 aromatic rings. The van der Waals surface area contributed by atoms with E-state index in [1.165, 1.54) is 0 Å². The SMILES string of the molecule is Cc1nccn1CCCC(=O)N1CC[C@@H]2NCCC[C@@]2(CO)C1. The number of amides is 1. The summed E-state index contributed by atoms with van der Waals surface area (Å²) in [5.74, 6) is 1.21. The van der Waals surface area contributed by atoms with Crippen LogP contribution >= 0.6 is 0 Å². The van der Waals surface area contributed by atoms with E-state index in [1.54, 1.807) is 6.20 Å². The van der Waals surface area contributed by atoms with Gasteiger partial charge >= 0.3 is 0 Å². The monoisotopic (exact) mass is 320 g/mol. The Balaban J connectivity index is 1.52. The molecule has 2 fully saturated rings. The lowest BCUT2D eigenvalue weighted by molar-refractivity contribution is -0.137. The Morgan fingerprint density at radius 2 is 2.43 bits per heavy atom. The molecule has 0 aliphatic carbocycles. The zero-order valence-electron chi connectivity index (χ0n) is 14.0. The van der Waals surface area contributed by atoms with Gasteiger partial charge in [0.05, 0.1) is 6.61 Å². The maximum atomic E-state index is 12.5. The van der Waals surface area contributed by atoms with Gasteiger partial charge in [-0.05, 0) is 39.2 Å². The van der Waals surface area contributed by atoms with Gasteiger partial charge in [-0.1, -0.05) is 0 Å². The van der Waals surface area contributed by atoms with Crippen molar-refractivity contribution in [2.75, 3.05) is 26.2 Å². The first kappa shape index (κ1) is 16.5. The van der Waals surface area contributed by atoms with Crippen molar-refractivity contribution in [2.45, 2.75) is 51.6 Å². The first-order valence-corrected chi connectivity index (χ1v) is 8.74. The van der Waals surface area contributed by atoms with Crippen LogP contribution in [-0.4, -0.2) is 57.7 Å². The summed E-state index contributed by atoms with van der Waals surface area (Å²) in [5, 5.41) is 13.5. The van der Waals surface area contributed by atoms with E-state index in [2.05, 4.69) is 14.9 Å². The van der Waals surface area contributed by atoms with Crippen LogP contribution in [0.1, 0.15) is 37.9 Å². The zero-order valence-corrected chi connectivity index (χ0v) is 14.0. The minimum Gasteiger partial charge on any atom is -0.396 e. The largest absolute Gasteiger partial charge is 0.396 e. The molecule has 2 atom stereocenters. The number of hydrogen-bond acceptors (Lipinski definition) is 4. The molecule has 0 aromatic carbocycles. The van der Waals surface area contributed by atoms with E-state index in [0.717, 1.165) is 51.1 Å². The highest BCUT2D eigenvalue weighted by Crippen LogP contribution is 2.37. The maximum absolute atomic E-state index is 12.5. The van der Waals surface area contributed by atoms with Gasteiger partial charge in [-0.2, -0.15) is 0 Å². The molecule has 0 unspecified atom stereocenters. The van der Waals surface area contributed by atoms with E-state index in [1.807, 2.05) is 18.0 Å². The van der Waals surface area contributed by atoms with Gasteiger partial charge in [0.25, 0.3) is 0 Å². The fourth-order valence-corrected chi connectivity index (χ4v) is 4.10. The number of nitrogens with one attached hydrogen (secondary N) is 1. The van der Waals surface area contributed by atoms with E-state index in [-0.39, 0.29) is 17.9 Å². The van der Waals surface area contributed by atoms with Crippen molar-refractivity contribution < 1.29 is 9.90 Å². The second-order valence-electron chi connectivity index (χ2n) is 7.01. The topological polar surface area (TPSA) is 70.4 Å². The van der Waals surface area contributed by atoms with Gasteiger partial charge in [0, 0.05) is 49.9 Å². The predicted molar refractivity (Wildman–Crippen MR) is 87.9 cm³/mol. The van der Waals surface area contributed by atoms with Crippen molar-refractivity contribution >= 4 is 5.91 Å². The number of likely N-dealkylation sites (tertiary alicyclic amines) is 1. The van der Waals surface area contributed by atoms with Crippen molar-refractivity contribution in [2.24, 2.45) is 5.41 Å². The summed E-state index contributed by atoms with van der Waals surface area (Å²) < 4.78 is 2.08. The number of piperidine rings is 2. The third-order valence-electron chi connectivity index (χ3n) is 5.56. The number of fused-ring (bicyclic) bond motifs is 1. The van der Waals surface area contributed by atoms with Crippen LogP contribution in [0.4, 0.5) is 0 Å². The molecule has 23 heavy (non-hydrogen) atoms. The van der Waals surface area contributed by atoms with Gasteiger partial charge in [-0.25, -0.2) is 4.98 Å². The molecular formula is C17H28N4O2.